The number of hydrogen-bond donors (Lipinski definition) is 3. The molecule has 3 atom stereocenters. The number of nitrogens with one attached hydrogen (secondary N) is 2. The van der Waals surface area contributed by atoms with Crippen molar-refractivity contribution in [2.45, 2.75) is 47.9 Å². The molecule has 1 aliphatic carbocycles. The molecule has 4 aliphatic rings. The van der Waals surface area contributed by atoms with Gasteiger partial charge >= 0.3 is 6.03 Å². The standard InChI is InChI=1S/C26H37N5O2.C21H25N3O2S/c1-5-11-30-17-19(25(32)31(26(33)27-6-2)13-8-12-29(3)4)14-21-20-9-7-10-22-24(20)18(16-28-22)15-23(21)30;25-14-16-26-15-13-23-9-11-24(12-10-23)21-17-5-1-3-7-19(17)27-20-8-4-2-6-18(20)22-21/h5,7,9-10,16,19,21,23,28H,1,6,8,11-15,17H2,2-4H3,(H,27,33);1-8,25H,9-16H2/t19-,21-,23-;/m1./s1. The van der Waals surface area contributed by atoms with E-state index in [1.165, 1.54) is 36.8 Å². The molecule has 4 heterocycles. The second kappa shape index (κ2) is 20.8. The number of para-hydroxylation sites is 1. The fraction of sp³-hybridized carbons (Fsp3) is 0.468. The molecule has 0 unspecified atom stereocenters. The molecule has 0 radical (unpaired) electrons. The number of carbonyl (C=O) groups is 2. The van der Waals surface area contributed by atoms with Crippen molar-refractivity contribution in [2.75, 3.05) is 99.4 Å². The number of H-pyrrole nitrogens is 1. The van der Waals surface area contributed by atoms with Gasteiger partial charge in [0.15, 0.2) is 0 Å². The Labute approximate surface area is 359 Å². The Morgan fingerprint density at radius 3 is 2.57 bits per heavy atom. The van der Waals surface area contributed by atoms with Crippen LogP contribution in [0.5, 0.6) is 0 Å². The van der Waals surface area contributed by atoms with Gasteiger partial charge in [0.1, 0.15) is 5.84 Å². The number of aliphatic imine (C=N–C) groups is 1. The number of carbonyl (C=O) groups excluding carboxylic acids is 2. The number of benzene rings is 3. The van der Waals surface area contributed by atoms with Gasteiger partial charge in [0, 0.05) is 103 Å². The van der Waals surface area contributed by atoms with E-state index in [0.29, 0.717) is 38.9 Å². The zero-order valence-electron chi connectivity index (χ0n) is 35.5. The molecule has 0 bridgehead atoms. The van der Waals surface area contributed by atoms with Gasteiger partial charge < -0.3 is 29.9 Å². The molecule has 2 saturated heterocycles. The fourth-order valence-corrected chi connectivity index (χ4v) is 10.1. The Kier molecular flexibility index (Phi) is 15.1. The highest BCUT2D eigenvalue weighted by molar-refractivity contribution is 7.99. The number of aromatic amines is 1. The Hall–Kier alpha value is -4.50. The Morgan fingerprint density at radius 2 is 1.80 bits per heavy atom. The largest absolute Gasteiger partial charge is 0.394 e. The summed E-state index contributed by atoms with van der Waals surface area (Å²) in [7, 11) is 4.01. The normalized spacial score (nSPS) is 19.9. The lowest BCUT2D eigenvalue weighted by molar-refractivity contribution is -0.135. The first-order chi connectivity index (χ1) is 29.3. The second-order valence-electron chi connectivity index (χ2n) is 16.3. The van der Waals surface area contributed by atoms with Crippen LogP contribution in [0, 0.1) is 5.92 Å². The molecule has 1 aromatic heterocycles. The monoisotopic (exact) mass is 834 g/mol. The number of nitrogens with zero attached hydrogens (tertiary/aromatic N) is 6. The van der Waals surface area contributed by atoms with Crippen LogP contribution in [0.3, 0.4) is 0 Å². The first kappa shape index (κ1) is 43.6. The summed E-state index contributed by atoms with van der Waals surface area (Å²) in [5.41, 5.74) is 6.11. The van der Waals surface area contributed by atoms with Gasteiger partial charge in [0.25, 0.3) is 0 Å². The van der Waals surface area contributed by atoms with Gasteiger partial charge in [-0.05, 0) is 82.2 Å². The van der Waals surface area contributed by atoms with Gasteiger partial charge in [-0.3, -0.25) is 19.5 Å². The van der Waals surface area contributed by atoms with E-state index in [2.05, 4.69) is 109 Å². The van der Waals surface area contributed by atoms with E-state index in [1.807, 2.05) is 27.1 Å². The van der Waals surface area contributed by atoms with Crippen molar-refractivity contribution in [1.82, 2.24) is 34.8 Å². The summed E-state index contributed by atoms with van der Waals surface area (Å²) >= 11 is 1.80. The molecule has 60 heavy (non-hydrogen) atoms. The molecule has 12 nitrogen and oxygen atoms in total. The molecule has 2 fully saturated rings. The molecule has 3 aromatic carbocycles. The molecule has 13 heteroatoms. The van der Waals surface area contributed by atoms with Crippen molar-refractivity contribution in [3.05, 3.63) is 102 Å². The number of fused-ring (bicyclic) bond motifs is 4. The molecular formula is C47H62N8O4S. The van der Waals surface area contributed by atoms with Crippen molar-refractivity contribution in [3.63, 3.8) is 0 Å². The number of imide groups is 1. The highest BCUT2D eigenvalue weighted by Crippen LogP contribution is 2.45. The van der Waals surface area contributed by atoms with E-state index in [9.17, 15) is 9.59 Å². The minimum atomic E-state index is -0.280. The number of rotatable bonds is 13. The zero-order valence-corrected chi connectivity index (χ0v) is 36.3. The topological polar surface area (TPSA) is 120 Å². The summed E-state index contributed by atoms with van der Waals surface area (Å²) in [5, 5.41) is 13.0. The molecule has 0 saturated carbocycles. The number of aliphatic hydroxyl groups excluding tert-OH is 1. The number of amides is 3. The molecule has 4 aromatic rings. The zero-order chi connectivity index (χ0) is 42.0. The lowest BCUT2D eigenvalue weighted by Crippen LogP contribution is -2.55. The number of aromatic nitrogens is 1. The highest BCUT2D eigenvalue weighted by Gasteiger charge is 2.44. The quantitative estimate of drug-likeness (QED) is 0.109. The number of piperidine rings is 1. The second-order valence-corrected chi connectivity index (χ2v) is 17.4. The Balaban J connectivity index is 0.000000185. The third-order valence-corrected chi connectivity index (χ3v) is 13.2. The molecule has 3 amide bonds. The predicted molar refractivity (Wildman–Crippen MR) is 241 cm³/mol. The molecule has 3 N–H and O–H groups in total. The van der Waals surface area contributed by atoms with E-state index in [-0.39, 0.29) is 30.4 Å². The number of urea groups is 1. The lowest BCUT2D eigenvalue weighted by Gasteiger charge is -2.47. The van der Waals surface area contributed by atoms with Crippen molar-refractivity contribution in [3.8, 4) is 0 Å². The first-order valence-corrected chi connectivity index (χ1v) is 22.4. The summed E-state index contributed by atoms with van der Waals surface area (Å²) in [6, 6.07) is 23.4. The van der Waals surface area contributed by atoms with Gasteiger partial charge in [-0.1, -0.05) is 60.3 Å². The van der Waals surface area contributed by atoms with Gasteiger partial charge in [-0.15, -0.1) is 6.58 Å². The van der Waals surface area contributed by atoms with Crippen LogP contribution in [0.4, 0.5) is 10.5 Å². The predicted octanol–water partition coefficient (Wildman–Crippen LogP) is 6.05. The minimum absolute atomic E-state index is 0.0562. The highest BCUT2D eigenvalue weighted by atomic mass is 32.2. The smallest absolute Gasteiger partial charge is 0.324 e. The van der Waals surface area contributed by atoms with Gasteiger partial charge in [0.2, 0.25) is 5.91 Å². The number of amidine groups is 1. The molecule has 3 aliphatic heterocycles. The summed E-state index contributed by atoms with van der Waals surface area (Å²) in [5.74, 6) is 1.07. The summed E-state index contributed by atoms with van der Waals surface area (Å²) in [4.78, 5) is 48.3. The van der Waals surface area contributed by atoms with Crippen LogP contribution in [0.1, 0.15) is 42.4 Å². The maximum Gasteiger partial charge on any atom is 0.324 e. The van der Waals surface area contributed by atoms with E-state index in [4.69, 9.17) is 14.8 Å². The number of aliphatic hydroxyl groups is 1. The number of piperazine rings is 1. The van der Waals surface area contributed by atoms with E-state index >= 15 is 0 Å². The van der Waals surface area contributed by atoms with Crippen molar-refractivity contribution in [2.24, 2.45) is 10.9 Å². The van der Waals surface area contributed by atoms with Crippen LogP contribution in [-0.2, 0) is 16.0 Å². The van der Waals surface area contributed by atoms with Crippen LogP contribution in [-0.4, -0.2) is 158 Å². The number of ether oxygens (including phenoxy) is 1. The maximum atomic E-state index is 13.7. The van der Waals surface area contributed by atoms with Gasteiger partial charge in [-0.2, -0.15) is 0 Å². The average molecular weight is 835 g/mol. The summed E-state index contributed by atoms with van der Waals surface area (Å²) < 4.78 is 5.40. The first-order valence-electron chi connectivity index (χ1n) is 21.6. The molecular weight excluding hydrogens is 773 g/mol. The fourth-order valence-electron chi connectivity index (χ4n) is 9.13. The third-order valence-electron chi connectivity index (χ3n) is 12.0. The van der Waals surface area contributed by atoms with Crippen LogP contribution in [0.25, 0.3) is 10.9 Å². The summed E-state index contributed by atoms with van der Waals surface area (Å²) in [6.45, 7) is 15.0. The minimum Gasteiger partial charge on any atom is -0.394 e. The van der Waals surface area contributed by atoms with Crippen LogP contribution < -0.4 is 5.32 Å². The molecule has 8 rings (SSSR count). The summed E-state index contributed by atoms with van der Waals surface area (Å²) in [6.07, 6.45) is 6.56. The van der Waals surface area contributed by atoms with Crippen LogP contribution >= 0.6 is 11.8 Å². The van der Waals surface area contributed by atoms with Crippen molar-refractivity contribution >= 4 is 46.1 Å². The van der Waals surface area contributed by atoms with E-state index in [0.717, 1.165) is 82.1 Å². The number of likely N-dealkylation sites (tertiary alicyclic amines) is 1. The van der Waals surface area contributed by atoms with Gasteiger partial charge in [0.05, 0.1) is 31.4 Å². The SMILES string of the molecule is C=CCN1C[C@H](C(=O)N(CCCN(C)C)C(=O)NCC)C[C@@H]2c3cccc4[nH]cc(c34)C[C@H]21.OCCOCCN1CCN(C2=Nc3ccccc3Sc3ccccc32)CC1. The maximum absolute atomic E-state index is 13.7. The third kappa shape index (κ3) is 10.2. The molecule has 0 spiro atoms. The van der Waals surface area contributed by atoms with E-state index < -0.39 is 0 Å². The van der Waals surface area contributed by atoms with Gasteiger partial charge in [-0.25, -0.2) is 9.79 Å². The van der Waals surface area contributed by atoms with Crippen LogP contribution in [0.2, 0.25) is 0 Å². The Morgan fingerprint density at radius 1 is 1.02 bits per heavy atom. The van der Waals surface area contributed by atoms with Crippen molar-refractivity contribution < 1.29 is 19.4 Å². The number of hydrogen-bond acceptors (Lipinski definition) is 10. The lowest BCUT2D eigenvalue weighted by atomic mass is 9.72. The van der Waals surface area contributed by atoms with Crippen molar-refractivity contribution in [1.29, 1.82) is 0 Å². The Bertz CT molecular complexity index is 2110. The average Bonchev–Trinajstić information content (AvgIpc) is 3.60. The molecule has 320 valence electrons. The van der Waals surface area contributed by atoms with Crippen LogP contribution in [0.15, 0.2) is 100 Å². The van der Waals surface area contributed by atoms with E-state index in [1.54, 1.807) is 11.8 Å².